The molecule has 0 radical (unpaired) electrons. The lowest BCUT2D eigenvalue weighted by atomic mass is 9.97. The summed E-state index contributed by atoms with van der Waals surface area (Å²) in [6.07, 6.45) is 0.915. The largest absolute Gasteiger partial charge is 0.329 e. The fraction of sp³-hybridized carbons (Fsp3) is 0.316. The van der Waals surface area contributed by atoms with Crippen LogP contribution in [0.1, 0.15) is 43.1 Å². The predicted molar refractivity (Wildman–Crippen MR) is 87.1 cm³/mol. The molecule has 0 aliphatic heterocycles. The van der Waals surface area contributed by atoms with Crippen molar-refractivity contribution in [2.24, 2.45) is 0 Å². The summed E-state index contributed by atoms with van der Waals surface area (Å²) >= 11 is 0. The Bertz CT molecular complexity index is 575. The van der Waals surface area contributed by atoms with Crippen molar-refractivity contribution in [3.8, 4) is 0 Å². The summed E-state index contributed by atoms with van der Waals surface area (Å²) < 4.78 is 0. The molecule has 0 saturated heterocycles. The molecule has 0 N–H and O–H groups in total. The molecule has 0 atom stereocenters. The van der Waals surface area contributed by atoms with Crippen LogP contribution in [-0.4, -0.2) is 16.3 Å². The monoisotopic (exact) mass is 281 g/mol. The van der Waals surface area contributed by atoms with Crippen LogP contribution in [0.4, 0.5) is 0 Å². The first kappa shape index (κ1) is 15.3. The maximum Gasteiger partial charge on any atom is 0.254 e. The Labute approximate surface area is 127 Å². The van der Waals surface area contributed by atoms with E-state index in [9.17, 15) is 4.79 Å². The van der Waals surface area contributed by atoms with Crippen LogP contribution in [0.25, 0.3) is 0 Å². The molecule has 0 fully saturated rings. The maximum atomic E-state index is 12.9. The number of carbonyl (C=O) groups excluding carboxylic acids is 1. The van der Waals surface area contributed by atoms with Gasteiger partial charge in [-0.25, -0.2) is 0 Å². The highest BCUT2D eigenvalue weighted by molar-refractivity contribution is 5.94. The van der Waals surface area contributed by atoms with Crippen LogP contribution in [0.3, 0.4) is 0 Å². The molecule has 0 bridgehead atoms. The first-order valence-electron chi connectivity index (χ1n) is 7.45. The van der Waals surface area contributed by atoms with Gasteiger partial charge in [0.1, 0.15) is 0 Å². The molecule has 2 aromatic rings. The van der Waals surface area contributed by atoms with Crippen molar-refractivity contribution in [3.05, 3.63) is 71.8 Å². The van der Waals surface area contributed by atoms with Crippen molar-refractivity contribution < 1.29 is 4.79 Å². The Kier molecular flexibility index (Phi) is 4.79. The summed E-state index contributed by atoms with van der Waals surface area (Å²) in [6.45, 7) is 7.00. The average molecular weight is 281 g/mol. The lowest BCUT2D eigenvalue weighted by molar-refractivity contribution is 0.0513. The van der Waals surface area contributed by atoms with Gasteiger partial charge in [-0.05, 0) is 38.0 Å². The summed E-state index contributed by atoms with van der Waals surface area (Å²) in [5, 5.41) is 0. The summed E-state index contributed by atoms with van der Waals surface area (Å²) in [6, 6.07) is 19.7. The van der Waals surface area contributed by atoms with E-state index in [1.54, 1.807) is 0 Å². The second-order valence-electron chi connectivity index (χ2n) is 5.91. The van der Waals surface area contributed by atoms with Gasteiger partial charge in [0.05, 0.1) is 0 Å². The van der Waals surface area contributed by atoms with E-state index in [1.165, 1.54) is 0 Å². The van der Waals surface area contributed by atoms with Gasteiger partial charge in [0.15, 0.2) is 0 Å². The van der Waals surface area contributed by atoms with Crippen LogP contribution in [-0.2, 0) is 6.54 Å². The maximum absolute atomic E-state index is 12.9. The molecule has 0 aliphatic carbocycles. The lowest BCUT2D eigenvalue weighted by Gasteiger charge is -2.38. The molecule has 110 valence electrons. The molecule has 2 rings (SSSR count). The Morgan fingerprint density at radius 1 is 0.952 bits per heavy atom. The van der Waals surface area contributed by atoms with Crippen LogP contribution < -0.4 is 0 Å². The van der Waals surface area contributed by atoms with Crippen molar-refractivity contribution >= 4 is 5.91 Å². The minimum Gasteiger partial charge on any atom is -0.329 e. The van der Waals surface area contributed by atoms with Gasteiger partial charge in [0, 0.05) is 17.6 Å². The van der Waals surface area contributed by atoms with Crippen molar-refractivity contribution in [1.82, 2.24) is 4.90 Å². The smallest absolute Gasteiger partial charge is 0.254 e. The van der Waals surface area contributed by atoms with E-state index in [1.807, 2.05) is 53.4 Å². The summed E-state index contributed by atoms with van der Waals surface area (Å²) in [5.74, 6) is 0.0892. The second kappa shape index (κ2) is 6.57. The van der Waals surface area contributed by atoms with Crippen LogP contribution in [0.5, 0.6) is 0 Å². The van der Waals surface area contributed by atoms with Gasteiger partial charge >= 0.3 is 0 Å². The Hall–Kier alpha value is -2.09. The van der Waals surface area contributed by atoms with E-state index in [0.717, 1.165) is 17.5 Å². The van der Waals surface area contributed by atoms with Gasteiger partial charge in [0.2, 0.25) is 0 Å². The number of amides is 1. The van der Waals surface area contributed by atoms with E-state index in [-0.39, 0.29) is 11.4 Å². The number of nitrogens with zero attached hydrogens (tertiary/aromatic N) is 1. The Balaban J connectivity index is 2.31. The summed E-state index contributed by atoms with van der Waals surface area (Å²) in [7, 11) is 0. The highest BCUT2D eigenvalue weighted by Crippen LogP contribution is 2.24. The molecule has 0 spiro atoms. The topological polar surface area (TPSA) is 20.3 Å². The van der Waals surface area contributed by atoms with Crippen LogP contribution in [0.15, 0.2) is 60.7 Å². The molecule has 21 heavy (non-hydrogen) atoms. The van der Waals surface area contributed by atoms with E-state index in [2.05, 4.69) is 32.9 Å². The van der Waals surface area contributed by atoms with Crippen LogP contribution in [0, 0.1) is 0 Å². The first-order chi connectivity index (χ1) is 10.0. The molecular weight excluding hydrogens is 258 g/mol. The van der Waals surface area contributed by atoms with Gasteiger partial charge in [-0.3, -0.25) is 4.79 Å². The molecule has 0 unspecified atom stereocenters. The zero-order valence-corrected chi connectivity index (χ0v) is 13.0. The van der Waals surface area contributed by atoms with Crippen LogP contribution >= 0.6 is 0 Å². The molecule has 1 amide bonds. The predicted octanol–water partition coefficient (Wildman–Crippen LogP) is 4.52. The summed E-state index contributed by atoms with van der Waals surface area (Å²) in [5.41, 5.74) is 1.72. The number of benzene rings is 2. The second-order valence-corrected chi connectivity index (χ2v) is 5.91. The normalized spacial score (nSPS) is 11.2. The van der Waals surface area contributed by atoms with Crippen LogP contribution in [0.2, 0.25) is 0 Å². The van der Waals surface area contributed by atoms with E-state index >= 15 is 0 Å². The highest BCUT2D eigenvalue weighted by Gasteiger charge is 2.29. The zero-order valence-electron chi connectivity index (χ0n) is 13.0. The van der Waals surface area contributed by atoms with Crippen molar-refractivity contribution in [2.45, 2.75) is 39.3 Å². The average Bonchev–Trinajstić information content (AvgIpc) is 2.53. The quantitative estimate of drug-likeness (QED) is 0.789. The molecular formula is C19H23NO. The van der Waals surface area contributed by atoms with E-state index in [4.69, 9.17) is 0 Å². The third-order valence-corrected chi connectivity index (χ3v) is 4.05. The van der Waals surface area contributed by atoms with Crippen molar-refractivity contribution in [2.75, 3.05) is 0 Å². The fourth-order valence-corrected chi connectivity index (χ4v) is 2.25. The standard InChI is InChI=1S/C19H23NO/c1-4-19(2,3)20(15-16-11-7-5-8-12-16)18(21)17-13-9-6-10-14-17/h5-14H,4,15H2,1-3H3. The van der Waals surface area contributed by atoms with Crippen molar-refractivity contribution in [3.63, 3.8) is 0 Å². The zero-order chi connectivity index (χ0) is 15.3. The first-order valence-corrected chi connectivity index (χ1v) is 7.45. The summed E-state index contributed by atoms with van der Waals surface area (Å²) in [4.78, 5) is 14.9. The molecule has 0 aliphatic rings. The minimum atomic E-state index is -0.178. The highest BCUT2D eigenvalue weighted by atomic mass is 16.2. The van der Waals surface area contributed by atoms with E-state index < -0.39 is 0 Å². The molecule has 0 saturated carbocycles. The number of carbonyl (C=O) groups is 1. The van der Waals surface area contributed by atoms with E-state index in [0.29, 0.717) is 6.54 Å². The SMILES string of the molecule is CCC(C)(C)N(Cc1ccccc1)C(=O)c1ccccc1. The van der Waals surface area contributed by atoms with Gasteiger partial charge in [-0.1, -0.05) is 55.5 Å². The Morgan fingerprint density at radius 3 is 2.00 bits per heavy atom. The van der Waals surface area contributed by atoms with Gasteiger partial charge in [0.25, 0.3) is 5.91 Å². The molecule has 0 aromatic heterocycles. The lowest BCUT2D eigenvalue weighted by Crippen LogP contribution is -2.46. The third kappa shape index (κ3) is 3.72. The van der Waals surface area contributed by atoms with Crippen molar-refractivity contribution in [1.29, 1.82) is 0 Å². The fourth-order valence-electron chi connectivity index (χ4n) is 2.25. The molecule has 0 heterocycles. The number of rotatable bonds is 5. The van der Waals surface area contributed by atoms with Gasteiger partial charge in [-0.15, -0.1) is 0 Å². The number of hydrogen-bond donors (Lipinski definition) is 0. The number of hydrogen-bond acceptors (Lipinski definition) is 1. The van der Waals surface area contributed by atoms with Gasteiger partial charge in [-0.2, -0.15) is 0 Å². The van der Waals surface area contributed by atoms with Gasteiger partial charge < -0.3 is 4.90 Å². The molecule has 2 heteroatoms. The molecule has 2 aromatic carbocycles. The minimum absolute atomic E-state index is 0.0892. The third-order valence-electron chi connectivity index (χ3n) is 4.05. The Morgan fingerprint density at radius 2 is 1.48 bits per heavy atom. The molecule has 2 nitrogen and oxygen atoms in total.